The van der Waals surface area contributed by atoms with Gasteiger partial charge in [0.2, 0.25) is 11.8 Å². The predicted octanol–water partition coefficient (Wildman–Crippen LogP) is 2.89. The number of benzene rings is 1. The van der Waals surface area contributed by atoms with Crippen LogP contribution in [0.4, 0.5) is 11.4 Å². The van der Waals surface area contributed by atoms with Crippen molar-refractivity contribution in [3.63, 3.8) is 0 Å². The second kappa shape index (κ2) is 15.6. The Morgan fingerprint density at radius 2 is 1.24 bits per heavy atom. The fraction of sp³-hybridized carbons (Fsp3) is 0.538. The summed E-state index contributed by atoms with van der Waals surface area (Å²) in [5.74, 6) is -2.88. The van der Waals surface area contributed by atoms with E-state index in [1.807, 2.05) is 6.92 Å². The van der Waals surface area contributed by atoms with E-state index in [-0.39, 0.29) is 12.5 Å². The molecule has 2 N–H and O–H groups in total. The Bertz CT molecular complexity index is 1180. The van der Waals surface area contributed by atoms with Gasteiger partial charge < -0.3 is 34.3 Å². The van der Waals surface area contributed by atoms with Crippen LogP contribution in [0.1, 0.15) is 48.5 Å². The molecule has 1 aromatic rings. The molecule has 0 unspecified atom stereocenters. The van der Waals surface area contributed by atoms with Gasteiger partial charge in [-0.05, 0) is 17.9 Å². The molecule has 0 saturated carbocycles. The molecule has 0 aliphatic carbocycles. The number of nitrogens with one attached hydrogen (secondary N) is 2. The summed E-state index contributed by atoms with van der Waals surface area (Å²) >= 11 is 2.46. The molecular formula is C26H34N2O11S2. The van der Waals surface area contributed by atoms with Gasteiger partial charge in [0, 0.05) is 51.3 Å². The van der Waals surface area contributed by atoms with E-state index in [0.717, 1.165) is 32.5 Å². The molecule has 0 spiro atoms. The third kappa shape index (κ3) is 10.6. The van der Waals surface area contributed by atoms with Crippen LogP contribution >= 0.6 is 23.5 Å². The van der Waals surface area contributed by atoms with Crippen LogP contribution in [-0.2, 0) is 52.5 Å². The number of anilines is 2. The van der Waals surface area contributed by atoms with Crippen molar-refractivity contribution in [2.45, 2.75) is 88.1 Å². The number of thioether (sulfide) groups is 2. The summed E-state index contributed by atoms with van der Waals surface area (Å²) < 4.78 is 27.8. The molecule has 1 aromatic carbocycles. The van der Waals surface area contributed by atoms with Crippen LogP contribution in [0.5, 0.6) is 0 Å². The lowest BCUT2D eigenvalue weighted by Gasteiger charge is -2.44. The third-order valence-corrected chi connectivity index (χ3v) is 7.34. The van der Waals surface area contributed by atoms with Gasteiger partial charge in [-0.15, -0.1) is 11.8 Å². The molecule has 5 atom stereocenters. The quantitative estimate of drug-likeness (QED) is 0.212. The monoisotopic (exact) mass is 614 g/mol. The van der Waals surface area contributed by atoms with Crippen molar-refractivity contribution in [2.24, 2.45) is 0 Å². The van der Waals surface area contributed by atoms with Crippen molar-refractivity contribution in [3.8, 4) is 0 Å². The van der Waals surface area contributed by atoms with Crippen LogP contribution in [0.15, 0.2) is 21.9 Å². The highest BCUT2D eigenvalue weighted by atomic mass is 32.2. The van der Waals surface area contributed by atoms with Crippen LogP contribution in [0, 0.1) is 0 Å². The molecule has 0 bridgehead atoms. The second-order valence-electron chi connectivity index (χ2n) is 8.83. The maximum Gasteiger partial charge on any atom is 0.303 e. The summed E-state index contributed by atoms with van der Waals surface area (Å²) in [6, 6.07) is 3.32. The highest BCUT2D eigenvalue weighted by Gasteiger charge is 2.52. The maximum atomic E-state index is 12.2. The fourth-order valence-electron chi connectivity index (χ4n) is 3.92. The molecule has 2 amide bonds. The fourth-order valence-corrected chi connectivity index (χ4v) is 5.99. The molecule has 13 nitrogen and oxygen atoms in total. The minimum Gasteiger partial charge on any atom is -0.463 e. The minimum atomic E-state index is -1.33. The summed E-state index contributed by atoms with van der Waals surface area (Å²) in [6.45, 7) is 8.84. The molecule has 1 heterocycles. The van der Waals surface area contributed by atoms with Crippen molar-refractivity contribution in [2.75, 3.05) is 23.0 Å². The van der Waals surface area contributed by atoms with Gasteiger partial charge in [-0.2, -0.15) is 0 Å². The number of ether oxygens (including phenoxy) is 5. The van der Waals surface area contributed by atoms with Crippen molar-refractivity contribution in [1.82, 2.24) is 0 Å². The first-order chi connectivity index (χ1) is 19.2. The van der Waals surface area contributed by atoms with Gasteiger partial charge >= 0.3 is 23.9 Å². The van der Waals surface area contributed by atoms with Crippen LogP contribution in [0.3, 0.4) is 0 Å². The zero-order chi connectivity index (χ0) is 30.9. The highest BCUT2D eigenvalue weighted by Crippen LogP contribution is 2.43. The van der Waals surface area contributed by atoms with E-state index in [9.17, 15) is 28.8 Å². The standard InChI is InChI=1S/C26H34N2O11S2/c1-8-40-21-10-22(19(28-13(3)30)9-18(21)27-12(2)29)41-26-25(38-17(7)34)24(37-16(6)33)23(36-15(5)32)20(39-26)11-35-14(4)31/h9-10,20,23-26H,8,11H2,1-7H3,(H,27,29)(H,28,30)/t20-,23+,24+,25-,26+/m1/s1. The molecule has 0 radical (unpaired) electrons. The molecule has 15 heteroatoms. The third-order valence-electron chi connectivity index (χ3n) is 5.19. The number of carbonyl (C=O) groups is 6. The van der Waals surface area contributed by atoms with Gasteiger partial charge in [0.25, 0.3) is 0 Å². The van der Waals surface area contributed by atoms with Crippen molar-refractivity contribution in [3.05, 3.63) is 12.1 Å². The van der Waals surface area contributed by atoms with Gasteiger partial charge in [0.15, 0.2) is 18.3 Å². The van der Waals surface area contributed by atoms with Crippen LogP contribution < -0.4 is 10.6 Å². The molecule has 2 rings (SSSR count). The zero-order valence-corrected chi connectivity index (χ0v) is 25.4. The lowest BCUT2D eigenvalue weighted by atomic mass is 9.99. The van der Waals surface area contributed by atoms with Gasteiger partial charge in [-0.1, -0.05) is 18.7 Å². The predicted molar refractivity (Wildman–Crippen MR) is 149 cm³/mol. The molecule has 41 heavy (non-hydrogen) atoms. The molecule has 0 aromatic heterocycles. The highest BCUT2D eigenvalue weighted by molar-refractivity contribution is 8.00. The van der Waals surface area contributed by atoms with E-state index in [1.165, 1.54) is 32.5 Å². The first kappa shape index (κ1) is 33.9. The van der Waals surface area contributed by atoms with E-state index in [0.29, 0.717) is 26.9 Å². The van der Waals surface area contributed by atoms with Crippen LogP contribution in [0.2, 0.25) is 0 Å². The molecule has 1 aliphatic heterocycles. The van der Waals surface area contributed by atoms with Crippen LogP contribution in [0.25, 0.3) is 0 Å². The first-order valence-corrected chi connectivity index (χ1v) is 14.4. The van der Waals surface area contributed by atoms with Gasteiger partial charge in [-0.3, -0.25) is 28.8 Å². The largest absolute Gasteiger partial charge is 0.463 e. The van der Waals surface area contributed by atoms with E-state index in [1.54, 1.807) is 12.1 Å². The summed E-state index contributed by atoms with van der Waals surface area (Å²) in [5.41, 5.74) is -0.312. The normalized spacial score (nSPS) is 21.7. The van der Waals surface area contributed by atoms with Gasteiger partial charge in [0.05, 0.1) is 11.4 Å². The summed E-state index contributed by atoms with van der Waals surface area (Å²) in [6.07, 6.45) is -5.04. The number of hydrogen-bond acceptors (Lipinski definition) is 13. The average Bonchev–Trinajstić information content (AvgIpc) is 2.82. The average molecular weight is 615 g/mol. The van der Waals surface area contributed by atoms with Crippen molar-refractivity contribution in [1.29, 1.82) is 0 Å². The van der Waals surface area contributed by atoms with Gasteiger partial charge in [0.1, 0.15) is 18.1 Å². The van der Waals surface area contributed by atoms with E-state index in [4.69, 9.17) is 23.7 Å². The van der Waals surface area contributed by atoms with Gasteiger partial charge in [-0.25, -0.2) is 0 Å². The number of esters is 4. The lowest BCUT2D eigenvalue weighted by Crippen LogP contribution is -2.61. The SMILES string of the molecule is CCSc1cc(S[C@@H]2O[C@H](COC(C)=O)[C@H](OC(C)=O)[C@H](OC(C)=O)[C@H]2OC(C)=O)c(NC(C)=O)cc1NC(C)=O. The summed E-state index contributed by atoms with van der Waals surface area (Å²) in [7, 11) is 0. The first-order valence-electron chi connectivity index (χ1n) is 12.5. The summed E-state index contributed by atoms with van der Waals surface area (Å²) in [4.78, 5) is 72.9. The van der Waals surface area contributed by atoms with Crippen molar-refractivity contribution < 1.29 is 52.5 Å². The zero-order valence-electron chi connectivity index (χ0n) is 23.8. The van der Waals surface area contributed by atoms with E-state index < -0.39 is 59.6 Å². The summed E-state index contributed by atoms with van der Waals surface area (Å²) in [5, 5.41) is 5.47. The Kier molecular flexibility index (Phi) is 12.9. The topological polar surface area (TPSA) is 173 Å². The van der Waals surface area contributed by atoms with Crippen LogP contribution in [-0.4, -0.2) is 77.9 Å². The minimum absolute atomic E-state index is 0.309. The number of rotatable bonds is 11. The number of amides is 2. The Labute approximate surface area is 246 Å². The molecule has 226 valence electrons. The Hall–Kier alpha value is -3.30. The maximum absolute atomic E-state index is 12.2. The Morgan fingerprint density at radius 1 is 0.732 bits per heavy atom. The molecule has 1 aliphatic rings. The molecule has 1 saturated heterocycles. The molecule has 1 fully saturated rings. The number of carbonyl (C=O) groups excluding carboxylic acids is 6. The number of hydrogen-bond donors (Lipinski definition) is 2. The smallest absolute Gasteiger partial charge is 0.303 e. The molecular weight excluding hydrogens is 580 g/mol. The van der Waals surface area contributed by atoms with E-state index >= 15 is 0 Å². The lowest BCUT2D eigenvalue weighted by molar-refractivity contribution is -0.237. The van der Waals surface area contributed by atoms with E-state index in [2.05, 4.69) is 10.6 Å². The Balaban J connectivity index is 2.67. The second-order valence-corrected chi connectivity index (χ2v) is 11.3. The van der Waals surface area contributed by atoms with Crippen molar-refractivity contribution >= 4 is 70.6 Å². The Morgan fingerprint density at radius 3 is 1.73 bits per heavy atom.